The van der Waals surface area contributed by atoms with Crippen molar-refractivity contribution in [3.63, 3.8) is 0 Å². The summed E-state index contributed by atoms with van der Waals surface area (Å²) in [6.45, 7) is -0.0388. The van der Waals surface area contributed by atoms with Gasteiger partial charge >= 0.3 is 0 Å². The molecule has 2 rings (SSSR count). The topological polar surface area (TPSA) is 72.7 Å². The average molecular weight is 232 g/mol. The van der Waals surface area contributed by atoms with E-state index in [4.69, 9.17) is 11.2 Å². The average Bonchev–Trinajstić information content (AvgIpc) is 2.32. The van der Waals surface area contributed by atoms with Gasteiger partial charge in [0.15, 0.2) is 6.61 Å². The molecule has 6 heteroatoms. The lowest BCUT2D eigenvalue weighted by Gasteiger charge is -2.27. The largest absolute Gasteiger partial charge is 0.482 e. The van der Waals surface area contributed by atoms with E-state index in [1.807, 2.05) is 0 Å². The standard InChI is InChI=1S/C11H8N2O4/c1-2-5-12-9-6-8(13(15)16)3-4-10(9)17-7-11(12)14/h1,3-4,6H,5,7H2. The number of ether oxygens (including phenoxy) is 1. The normalized spacial score (nSPS) is 13.6. The summed E-state index contributed by atoms with van der Waals surface area (Å²) in [6, 6.07) is 4.07. The van der Waals surface area contributed by atoms with Gasteiger partial charge in [-0.1, -0.05) is 5.92 Å². The van der Waals surface area contributed by atoms with Gasteiger partial charge in [0.05, 0.1) is 17.2 Å². The van der Waals surface area contributed by atoms with Gasteiger partial charge < -0.3 is 4.74 Å². The molecule has 1 aliphatic rings. The molecule has 0 radical (unpaired) electrons. The van der Waals surface area contributed by atoms with E-state index in [2.05, 4.69) is 5.92 Å². The van der Waals surface area contributed by atoms with Crippen LogP contribution in [0.2, 0.25) is 0 Å². The summed E-state index contributed by atoms with van der Waals surface area (Å²) in [7, 11) is 0. The number of hydrogen-bond acceptors (Lipinski definition) is 4. The molecular formula is C11H8N2O4. The van der Waals surface area contributed by atoms with Crippen LogP contribution in [0.1, 0.15) is 0 Å². The molecule has 1 heterocycles. The number of non-ortho nitro benzene ring substituents is 1. The Kier molecular flexibility index (Phi) is 2.66. The monoisotopic (exact) mass is 232 g/mol. The highest BCUT2D eigenvalue weighted by Gasteiger charge is 2.26. The lowest BCUT2D eigenvalue weighted by molar-refractivity contribution is -0.384. The number of terminal acetylenes is 1. The van der Waals surface area contributed by atoms with Crippen molar-refractivity contribution < 1.29 is 14.5 Å². The van der Waals surface area contributed by atoms with E-state index >= 15 is 0 Å². The number of benzene rings is 1. The lowest BCUT2D eigenvalue weighted by atomic mass is 10.2. The summed E-state index contributed by atoms with van der Waals surface area (Å²) in [5.74, 6) is 2.45. The summed E-state index contributed by atoms with van der Waals surface area (Å²) in [4.78, 5) is 23.0. The highest BCUT2D eigenvalue weighted by atomic mass is 16.6. The number of carbonyl (C=O) groups excluding carboxylic acids is 1. The van der Waals surface area contributed by atoms with Crippen LogP contribution in [0.5, 0.6) is 5.75 Å². The van der Waals surface area contributed by atoms with E-state index in [0.29, 0.717) is 11.4 Å². The Morgan fingerprint density at radius 3 is 3.00 bits per heavy atom. The smallest absolute Gasteiger partial charge is 0.271 e. The van der Waals surface area contributed by atoms with Gasteiger partial charge in [-0.3, -0.25) is 19.8 Å². The molecule has 0 atom stereocenters. The number of nitrogens with zero attached hydrogens (tertiary/aromatic N) is 2. The predicted molar refractivity (Wildman–Crippen MR) is 59.8 cm³/mol. The number of anilines is 1. The van der Waals surface area contributed by atoms with Crippen molar-refractivity contribution in [3.8, 4) is 18.1 Å². The van der Waals surface area contributed by atoms with Crippen molar-refractivity contribution in [3.05, 3.63) is 28.3 Å². The summed E-state index contributed by atoms with van der Waals surface area (Å²) in [6.07, 6.45) is 5.16. The Hall–Kier alpha value is -2.55. The number of nitro benzene ring substituents is 1. The molecule has 0 aromatic heterocycles. The fourth-order valence-electron chi connectivity index (χ4n) is 1.57. The third-order valence-corrected chi connectivity index (χ3v) is 2.35. The SMILES string of the molecule is C#CCN1C(=O)COc2ccc([N+](=O)[O-])cc21. The molecule has 1 aromatic carbocycles. The molecule has 86 valence electrons. The van der Waals surface area contributed by atoms with Gasteiger partial charge in [-0.2, -0.15) is 0 Å². The number of carbonyl (C=O) groups is 1. The third kappa shape index (κ3) is 1.90. The Balaban J connectivity index is 2.49. The highest BCUT2D eigenvalue weighted by Crippen LogP contribution is 2.34. The predicted octanol–water partition coefficient (Wildman–Crippen LogP) is 0.953. The second-order valence-corrected chi connectivity index (χ2v) is 3.38. The van der Waals surface area contributed by atoms with Crippen molar-refractivity contribution >= 4 is 17.3 Å². The minimum Gasteiger partial charge on any atom is -0.482 e. The zero-order valence-corrected chi connectivity index (χ0v) is 8.75. The molecule has 6 nitrogen and oxygen atoms in total. The molecule has 17 heavy (non-hydrogen) atoms. The van der Waals surface area contributed by atoms with Gasteiger partial charge in [-0.25, -0.2) is 0 Å². The minimum absolute atomic E-state index is 0.0658. The first kappa shape index (κ1) is 11.0. The van der Waals surface area contributed by atoms with Crippen LogP contribution in [0.3, 0.4) is 0 Å². The highest BCUT2D eigenvalue weighted by molar-refractivity contribution is 5.98. The van der Waals surface area contributed by atoms with Crippen LogP contribution >= 0.6 is 0 Å². The first-order chi connectivity index (χ1) is 8.13. The molecule has 1 amide bonds. The summed E-state index contributed by atoms with van der Waals surface area (Å²) < 4.78 is 5.16. The van der Waals surface area contributed by atoms with Gasteiger partial charge in [-0.15, -0.1) is 6.42 Å². The van der Waals surface area contributed by atoms with Gasteiger partial charge in [0.1, 0.15) is 5.75 Å². The first-order valence-corrected chi connectivity index (χ1v) is 4.78. The van der Waals surface area contributed by atoms with Crippen LogP contribution in [0, 0.1) is 22.5 Å². The fourth-order valence-corrected chi connectivity index (χ4v) is 1.57. The fraction of sp³-hybridized carbons (Fsp3) is 0.182. The van der Waals surface area contributed by atoms with Crippen molar-refractivity contribution in [1.82, 2.24) is 0 Å². The minimum atomic E-state index is -0.534. The zero-order chi connectivity index (χ0) is 12.4. The second-order valence-electron chi connectivity index (χ2n) is 3.38. The number of hydrogen-bond donors (Lipinski definition) is 0. The zero-order valence-electron chi connectivity index (χ0n) is 8.75. The quantitative estimate of drug-likeness (QED) is 0.432. The van der Waals surface area contributed by atoms with E-state index in [-0.39, 0.29) is 24.7 Å². The number of rotatable bonds is 2. The van der Waals surface area contributed by atoms with Gasteiger partial charge in [0.25, 0.3) is 11.6 Å². The summed E-state index contributed by atoms with van der Waals surface area (Å²) in [5.41, 5.74) is 0.234. The molecule has 0 saturated heterocycles. The maximum atomic E-state index is 11.6. The van der Waals surface area contributed by atoms with Crippen molar-refractivity contribution in [2.75, 3.05) is 18.1 Å². The molecular weight excluding hydrogens is 224 g/mol. The Morgan fingerprint density at radius 1 is 1.59 bits per heavy atom. The molecule has 1 aliphatic heterocycles. The molecule has 0 spiro atoms. The van der Waals surface area contributed by atoms with Crippen LogP contribution in [0.25, 0.3) is 0 Å². The number of fused-ring (bicyclic) bond motifs is 1. The number of nitro groups is 1. The maximum Gasteiger partial charge on any atom is 0.271 e. The van der Waals surface area contributed by atoms with Crippen molar-refractivity contribution in [1.29, 1.82) is 0 Å². The third-order valence-electron chi connectivity index (χ3n) is 2.35. The summed E-state index contributed by atoms with van der Waals surface area (Å²) >= 11 is 0. The Morgan fingerprint density at radius 2 is 2.35 bits per heavy atom. The van der Waals surface area contributed by atoms with E-state index in [1.165, 1.54) is 23.1 Å². The second kappa shape index (κ2) is 4.14. The maximum absolute atomic E-state index is 11.6. The summed E-state index contributed by atoms with van der Waals surface area (Å²) in [5, 5.41) is 10.7. The molecule has 0 N–H and O–H groups in total. The van der Waals surface area contributed by atoms with Crippen molar-refractivity contribution in [2.45, 2.75) is 0 Å². The van der Waals surface area contributed by atoms with E-state index in [0.717, 1.165) is 0 Å². The number of amides is 1. The lowest BCUT2D eigenvalue weighted by Crippen LogP contribution is -2.39. The van der Waals surface area contributed by atoms with Crippen molar-refractivity contribution in [2.24, 2.45) is 0 Å². The van der Waals surface area contributed by atoms with Gasteiger partial charge in [0, 0.05) is 12.1 Å². The van der Waals surface area contributed by atoms with Crippen LogP contribution in [-0.2, 0) is 4.79 Å². The van der Waals surface area contributed by atoms with Crippen LogP contribution < -0.4 is 9.64 Å². The molecule has 0 fully saturated rings. The van der Waals surface area contributed by atoms with E-state index < -0.39 is 4.92 Å². The van der Waals surface area contributed by atoms with E-state index in [9.17, 15) is 14.9 Å². The Bertz CT molecular complexity index is 533. The molecule has 0 unspecified atom stereocenters. The first-order valence-electron chi connectivity index (χ1n) is 4.78. The van der Waals surface area contributed by atoms with Crippen LogP contribution in [-0.4, -0.2) is 24.0 Å². The molecule has 0 aliphatic carbocycles. The Labute approximate surface area is 96.9 Å². The van der Waals surface area contributed by atoms with Crippen LogP contribution in [0.15, 0.2) is 18.2 Å². The molecule has 1 aromatic rings. The van der Waals surface area contributed by atoms with E-state index in [1.54, 1.807) is 0 Å². The van der Waals surface area contributed by atoms with Crippen LogP contribution in [0.4, 0.5) is 11.4 Å². The molecule has 0 bridgehead atoms. The van der Waals surface area contributed by atoms with Gasteiger partial charge in [0.2, 0.25) is 0 Å². The molecule has 0 saturated carbocycles. The van der Waals surface area contributed by atoms with Gasteiger partial charge in [-0.05, 0) is 6.07 Å².